The summed E-state index contributed by atoms with van der Waals surface area (Å²) >= 11 is 0. The molecule has 0 aromatic heterocycles. The molecule has 15 heavy (non-hydrogen) atoms. The van der Waals surface area contributed by atoms with E-state index in [4.69, 9.17) is 9.47 Å². The molecule has 0 bridgehead atoms. The van der Waals surface area contributed by atoms with E-state index in [1.807, 2.05) is 0 Å². The van der Waals surface area contributed by atoms with E-state index in [9.17, 15) is 0 Å². The van der Waals surface area contributed by atoms with Crippen LogP contribution in [-0.4, -0.2) is 38.0 Å². The Morgan fingerprint density at radius 1 is 1.07 bits per heavy atom. The normalized spacial score (nSPS) is 13.2. The second-order valence-electron chi connectivity index (χ2n) is 5.10. The van der Waals surface area contributed by atoms with Gasteiger partial charge in [0.05, 0.1) is 17.8 Å². The first-order valence-corrected chi connectivity index (χ1v) is 5.73. The molecule has 0 radical (unpaired) electrons. The minimum absolute atomic E-state index is 0.0890. The first-order valence-electron chi connectivity index (χ1n) is 5.73. The van der Waals surface area contributed by atoms with Crippen LogP contribution < -0.4 is 5.32 Å². The Hall–Kier alpha value is -0.120. The largest absolute Gasteiger partial charge is 0.379 e. The van der Waals surface area contributed by atoms with Crippen molar-refractivity contribution in [3.05, 3.63) is 0 Å². The molecule has 0 amide bonds. The molecule has 0 aliphatic carbocycles. The number of methoxy groups -OCH3 is 1. The summed E-state index contributed by atoms with van der Waals surface area (Å²) in [5.41, 5.74) is -0.186. The molecule has 0 aromatic carbocycles. The Morgan fingerprint density at radius 2 is 1.67 bits per heavy atom. The van der Waals surface area contributed by atoms with Crippen molar-refractivity contribution in [1.82, 2.24) is 5.32 Å². The van der Waals surface area contributed by atoms with Crippen LogP contribution in [0, 0.1) is 0 Å². The average Bonchev–Trinajstić information content (AvgIpc) is 2.14. The quantitative estimate of drug-likeness (QED) is 0.676. The maximum Gasteiger partial charge on any atom is 0.0750 e. The minimum Gasteiger partial charge on any atom is -0.379 e. The van der Waals surface area contributed by atoms with E-state index in [2.05, 4.69) is 39.9 Å². The second-order valence-corrected chi connectivity index (χ2v) is 5.10. The highest BCUT2D eigenvalue weighted by molar-refractivity contribution is 4.73. The van der Waals surface area contributed by atoms with E-state index in [-0.39, 0.29) is 11.2 Å². The molecule has 0 aromatic rings. The third-order valence-electron chi connectivity index (χ3n) is 2.55. The van der Waals surface area contributed by atoms with Gasteiger partial charge in [0.1, 0.15) is 0 Å². The topological polar surface area (TPSA) is 30.5 Å². The number of likely N-dealkylation sites (N-methyl/N-ethyl adjacent to an activating group) is 1. The Balaban J connectivity index is 3.74. The van der Waals surface area contributed by atoms with Crippen LogP contribution in [-0.2, 0) is 9.47 Å². The molecular weight excluding hydrogens is 190 g/mol. The van der Waals surface area contributed by atoms with Gasteiger partial charge in [-0.15, -0.1) is 0 Å². The lowest BCUT2D eigenvalue weighted by atomic mass is 10.1. The molecule has 0 saturated heterocycles. The summed E-state index contributed by atoms with van der Waals surface area (Å²) in [6.07, 6.45) is 0.916. The predicted molar refractivity (Wildman–Crippen MR) is 64.3 cm³/mol. The zero-order valence-electron chi connectivity index (χ0n) is 11.1. The summed E-state index contributed by atoms with van der Waals surface area (Å²) < 4.78 is 11.2. The molecule has 0 unspecified atom stereocenters. The maximum atomic E-state index is 5.83. The summed E-state index contributed by atoms with van der Waals surface area (Å²) in [6, 6.07) is 0. The van der Waals surface area contributed by atoms with Crippen LogP contribution >= 0.6 is 0 Å². The lowest BCUT2D eigenvalue weighted by Gasteiger charge is -2.29. The fourth-order valence-corrected chi connectivity index (χ4v) is 1.15. The molecule has 92 valence electrons. The van der Waals surface area contributed by atoms with Crippen molar-refractivity contribution in [2.75, 3.05) is 26.8 Å². The Bertz CT molecular complexity index is 167. The van der Waals surface area contributed by atoms with Gasteiger partial charge in [0.2, 0.25) is 0 Å². The molecule has 0 atom stereocenters. The molecule has 3 nitrogen and oxygen atoms in total. The van der Waals surface area contributed by atoms with E-state index in [0.29, 0.717) is 0 Å². The van der Waals surface area contributed by atoms with Crippen molar-refractivity contribution in [2.24, 2.45) is 0 Å². The van der Waals surface area contributed by atoms with Crippen LogP contribution in [0.5, 0.6) is 0 Å². The van der Waals surface area contributed by atoms with E-state index in [0.717, 1.165) is 26.1 Å². The Labute approximate surface area is 94.5 Å². The van der Waals surface area contributed by atoms with Gasteiger partial charge in [0.15, 0.2) is 0 Å². The zero-order valence-corrected chi connectivity index (χ0v) is 11.1. The third-order valence-corrected chi connectivity index (χ3v) is 2.55. The molecule has 0 heterocycles. The van der Waals surface area contributed by atoms with Crippen molar-refractivity contribution in [3.8, 4) is 0 Å². The number of hydrogen-bond donors (Lipinski definition) is 1. The molecule has 0 saturated carbocycles. The van der Waals surface area contributed by atoms with Gasteiger partial charge in [-0.25, -0.2) is 0 Å². The highest BCUT2D eigenvalue weighted by atomic mass is 16.5. The van der Waals surface area contributed by atoms with Gasteiger partial charge in [-0.1, -0.05) is 6.92 Å². The van der Waals surface area contributed by atoms with Gasteiger partial charge in [0.25, 0.3) is 0 Å². The van der Waals surface area contributed by atoms with E-state index in [1.165, 1.54) is 0 Å². The summed E-state index contributed by atoms with van der Waals surface area (Å²) in [5.74, 6) is 0. The second kappa shape index (κ2) is 6.46. The summed E-state index contributed by atoms with van der Waals surface area (Å²) in [5, 5.41) is 3.29. The zero-order chi connectivity index (χ0) is 11.9. The highest BCUT2D eigenvalue weighted by Crippen LogP contribution is 2.15. The number of ether oxygens (including phenoxy) is 2. The molecule has 0 rings (SSSR count). The standard InChI is InChI=1S/C12H27NO2/c1-7-13-10-12(4,5)15-9-8-11(2,3)14-6/h13H,7-10H2,1-6H3. The van der Waals surface area contributed by atoms with Crippen molar-refractivity contribution < 1.29 is 9.47 Å². The Kier molecular flexibility index (Phi) is 6.41. The molecule has 0 spiro atoms. The van der Waals surface area contributed by atoms with Gasteiger partial charge < -0.3 is 14.8 Å². The summed E-state index contributed by atoms with van der Waals surface area (Å²) in [7, 11) is 1.74. The van der Waals surface area contributed by atoms with E-state index >= 15 is 0 Å². The van der Waals surface area contributed by atoms with Gasteiger partial charge in [-0.3, -0.25) is 0 Å². The van der Waals surface area contributed by atoms with Crippen molar-refractivity contribution in [2.45, 2.75) is 52.2 Å². The average molecular weight is 217 g/mol. The smallest absolute Gasteiger partial charge is 0.0750 e. The monoisotopic (exact) mass is 217 g/mol. The third kappa shape index (κ3) is 7.77. The summed E-state index contributed by atoms with van der Waals surface area (Å²) in [4.78, 5) is 0. The van der Waals surface area contributed by atoms with E-state index in [1.54, 1.807) is 7.11 Å². The van der Waals surface area contributed by atoms with Crippen molar-refractivity contribution in [3.63, 3.8) is 0 Å². The van der Waals surface area contributed by atoms with Gasteiger partial charge in [-0.05, 0) is 40.7 Å². The SMILES string of the molecule is CCNCC(C)(C)OCCC(C)(C)OC. The molecule has 1 N–H and O–H groups in total. The molecule has 3 heteroatoms. The molecule has 0 fully saturated rings. The lowest BCUT2D eigenvalue weighted by molar-refractivity contribution is -0.0566. The minimum atomic E-state index is -0.0974. The lowest BCUT2D eigenvalue weighted by Crippen LogP contribution is -2.39. The van der Waals surface area contributed by atoms with Crippen molar-refractivity contribution in [1.29, 1.82) is 0 Å². The summed E-state index contributed by atoms with van der Waals surface area (Å²) in [6.45, 7) is 13.1. The van der Waals surface area contributed by atoms with Crippen molar-refractivity contribution >= 4 is 0 Å². The fraction of sp³-hybridized carbons (Fsp3) is 1.00. The Morgan fingerprint density at radius 3 is 2.13 bits per heavy atom. The number of hydrogen-bond acceptors (Lipinski definition) is 3. The van der Waals surface area contributed by atoms with Gasteiger partial charge in [-0.2, -0.15) is 0 Å². The molecule has 0 aliphatic rings. The van der Waals surface area contributed by atoms with Crippen LogP contribution in [0.3, 0.4) is 0 Å². The van der Waals surface area contributed by atoms with Gasteiger partial charge >= 0.3 is 0 Å². The van der Waals surface area contributed by atoms with Crippen LogP contribution in [0.1, 0.15) is 41.0 Å². The maximum absolute atomic E-state index is 5.83. The fourth-order valence-electron chi connectivity index (χ4n) is 1.15. The highest BCUT2D eigenvalue weighted by Gasteiger charge is 2.21. The molecular formula is C12H27NO2. The van der Waals surface area contributed by atoms with Crippen LogP contribution in [0.2, 0.25) is 0 Å². The van der Waals surface area contributed by atoms with Crippen LogP contribution in [0.15, 0.2) is 0 Å². The van der Waals surface area contributed by atoms with Crippen LogP contribution in [0.4, 0.5) is 0 Å². The van der Waals surface area contributed by atoms with E-state index < -0.39 is 0 Å². The first kappa shape index (κ1) is 14.9. The number of rotatable bonds is 8. The van der Waals surface area contributed by atoms with Gasteiger partial charge in [0, 0.05) is 13.7 Å². The first-order chi connectivity index (χ1) is 6.83. The molecule has 0 aliphatic heterocycles. The van der Waals surface area contributed by atoms with Crippen LogP contribution in [0.25, 0.3) is 0 Å². The number of nitrogens with one attached hydrogen (secondary N) is 1. The predicted octanol–water partition coefficient (Wildman–Crippen LogP) is 2.21.